The summed E-state index contributed by atoms with van der Waals surface area (Å²) in [5.41, 5.74) is 4.94. The van der Waals surface area contributed by atoms with Gasteiger partial charge >= 0.3 is 18.2 Å². The summed E-state index contributed by atoms with van der Waals surface area (Å²) >= 11 is 0. The zero-order chi connectivity index (χ0) is 36.7. The molecule has 0 spiro atoms. The Bertz CT molecular complexity index is 1170. The first-order valence-corrected chi connectivity index (χ1v) is 24.2. The Morgan fingerprint density at radius 3 is 1.14 bits per heavy atom. The topological polar surface area (TPSA) is 71.1 Å². The average Bonchev–Trinajstić information content (AvgIpc) is 3.16. The normalized spacial score (nSPS) is 11.8. The van der Waals surface area contributed by atoms with Crippen LogP contribution in [0.1, 0.15) is 138 Å². The third kappa shape index (κ3) is 13.7. The van der Waals surface area contributed by atoms with Crippen molar-refractivity contribution < 1.29 is 29.1 Å². The summed E-state index contributed by atoms with van der Waals surface area (Å²) in [7, 11) is -3.58. The fourth-order valence-electron chi connectivity index (χ4n) is 6.58. The summed E-state index contributed by atoms with van der Waals surface area (Å²) < 4.78 is 0. The van der Waals surface area contributed by atoms with Crippen LogP contribution >= 0.6 is 0 Å². The minimum atomic E-state index is -1.79. The van der Waals surface area contributed by atoms with Crippen molar-refractivity contribution >= 4 is 38.5 Å². The van der Waals surface area contributed by atoms with E-state index in [2.05, 4.69) is 59.2 Å². The third-order valence-electron chi connectivity index (χ3n) is 10.5. The van der Waals surface area contributed by atoms with Crippen molar-refractivity contribution in [1.82, 2.24) is 0 Å². The molecule has 0 unspecified atom stereocenters. The average molecular weight is 721 g/mol. The molecule has 0 saturated heterocycles. The molecule has 0 aliphatic carbocycles. The van der Waals surface area contributed by atoms with Crippen molar-refractivity contribution in [3.05, 3.63) is 97.4 Å². The predicted octanol–water partition coefficient (Wildman–Crippen LogP) is 11.2. The van der Waals surface area contributed by atoms with Gasteiger partial charge in [0.1, 0.15) is 16.1 Å². The van der Waals surface area contributed by atoms with E-state index in [0.29, 0.717) is 17.5 Å². The first-order chi connectivity index (χ1) is 24.3. The van der Waals surface area contributed by atoms with Crippen molar-refractivity contribution in [3.63, 3.8) is 0 Å². The third-order valence-corrected chi connectivity index (χ3v) is 20.1. The van der Waals surface area contributed by atoms with E-state index in [0.717, 1.165) is 49.9 Å². The molecule has 6 nitrogen and oxygen atoms in total. The van der Waals surface area contributed by atoms with Crippen LogP contribution in [0.2, 0.25) is 24.2 Å². The second-order valence-electron chi connectivity index (χ2n) is 13.4. The lowest BCUT2D eigenvalue weighted by Crippen LogP contribution is -2.44. The van der Waals surface area contributed by atoms with Gasteiger partial charge in [-0.25, -0.2) is 9.59 Å². The maximum Gasteiger partial charge on any atom is 0.373 e. The molecule has 50 heavy (non-hydrogen) atoms. The molecule has 0 N–H and O–H groups in total. The van der Waals surface area contributed by atoms with Crippen molar-refractivity contribution in [3.8, 4) is 0 Å². The fourth-order valence-corrected chi connectivity index (χ4v) is 12.5. The van der Waals surface area contributed by atoms with Crippen LogP contribution in [0.25, 0.3) is 0 Å². The van der Waals surface area contributed by atoms with Gasteiger partial charge < -0.3 is 0 Å². The Morgan fingerprint density at radius 1 is 0.520 bits per heavy atom. The largest absolute Gasteiger partial charge is 0.373 e. The molecule has 276 valence electrons. The van der Waals surface area contributed by atoms with Gasteiger partial charge in [-0.3, -0.25) is 9.78 Å². The number of carbonyl (C=O) groups is 2. The van der Waals surface area contributed by atoms with E-state index < -0.39 is 28.1 Å². The molecule has 2 radical (unpaired) electrons. The summed E-state index contributed by atoms with van der Waals surface area (Å²) in [6.07, 6.45) is 15.6. The Kier molecular flexibility index (Phi) is 21.2. The Hall–Kier alpha value is -2.79. The predicted molar refractivity (Wildman–Crippen MR) is 212 cm³/mol. The minimum absolute atomic E-state index is 0.0658. The maximum absolute atomic E-state index is 12.9. The molecule has 0 atom stereocenters. The van der Waals surface area contributed by atoms with Crippen LogP contribution in [0.3, 0.4) is 0 Å². The molecule has 2 rings (SSSR count). The highest BCUT2D eigenvalue weighted by atomic mass is 28.3. The summed E-state index contributed by atoms with van der Waals surface area (Å²) in [6, 6.07) is 19.2. The van der Waals surface area contributed by atoms with Crippen LogP contribution in [0.5, 0.6) is 0 Å². The lowest BCUT2D eigenvalue weighted by Gasteiger charge is -2.26. The zero-order valence-electron chi connectivity index (χ0n) is 31.6. The van der Waals surface area contributed by atoms with E-state index in [1.54, 1.807) is 24.3 Å². The van der Waals surface area contributed by atoms with Gasteiger partial charge in [0, 0.05) is 6.42 Å². The first-order valence-electron chi connectivity index (χ1n) is 19.2. The minimum Gasteiger partial charge on any atom is -0.289 e. The van der Waals surface area contributed by atoms with E-state index in [4.69, 9.17) is 19.6 Å². The lowest BCUT2D eigenvalue weighted by atomic mass is 10.0. The molecule has 2 aromatic carbocycles. The van der Waals surface area contributed by atoms with Gasteiger partial charge in [-0.05, 0) is 30.7 Å². The van der Waals surface area contributed by atoms with Gasteiger partial charge in [-0.1, -0.05) is 182 Å². The van der Waals surface area contributed by atoms with E-state index in [1.165, 1.54) is 68.2 Å². The molecule has 0 fully saturated rings. The smallest absolute Gasteiger partial charge is 0.289 e. The van der Waals surface area contributed by atoms with Crippen LogP contribution in [0, 0.1) is 13.2 Å². The number of rotatable bonds is 28. The SMILES string of the molecule is [CH2]CCCCCCCCCCCCCC[C](OOC(=O)c1ccc([Si](C=C)(CC)CC)cc1)OOC(=O)c1ccc([Si](C=C)(CC)CC)cc1. The number of unbranched alkanes of at least 4 members (excludes halogenated alkanes) is 12. The molecule has 0 aromatic heterocycles. The molecule has 0 bridgehead atoms. The molecule has 0 amide bonds. The molecule has 0 heterocycles. The summed E-state index contributed by atoms with van der Waals surface area (Å²) in [5.74, 6) is -1.30. The summed E-state index contributed by atoms with van der Waals surface area (Å²) in [4.78, 5) is 46.9. The summed E-state index contributed by atoms with van der Waals surface area (Å²) in [6.45, 7) is 20.9. The second kappa shape index (κ2) is 24.4. The number of benzene rings is 2. The Balaban J connectivity index is 1.94. The molecular formula is C42H64O6Si2. The highest BCUT2D eigenvalue weighted by Crippen LogP contribution is 2.22. The molecule has 0 saturated carbocycles. The molecule has 0 aliphatic heterocycles. The number of hydrogen-bond acceptors (Lipinski definition) is 6. The van der Waals surface area contributed by atoms with Crippen LogP contribution in [0.15, 0.2) is 73.1 Å². The Labute approximate surface area is 305 Å². The standard InChI is InChI=1S/C42H64O6Si2/c1-8-15-16-17-18-19-20-21-22-23-24-25-26-27-40(45-47-41(43)36-28-32-38(33-29-36)49(9-2,10-3)11-4)46-48-42(44)37-30-34-39(35-31-37)50(12-5,13-6)14-7/h9,12,28-35H,1-2,5,8,10-11,13-27H2,3-4,6-7H3. The Morgan fingerprint density at radius 2 is 0.840 bits per heavy atom. The molecule has 0 aliphatic rings. The summed E-state index contributed by atoms with van der Waals surface area (Å²) in [5, 5.41) is 2.46. The van der Waals surface area contributed by atoms with Crippen molar-refractivity contribution in [2.45, 2.75) is 142 Å². The van der Waals surface area contributed by atoms with Crippen LogP contribution in [0.4, 0.5) is 0 Å². The van der Waals surface area contributed by atoms with Gasteiger partial charge in [0.05, 0.1) is 11.1 Å². The van der Waals surface area contributed by atoms with Gasteiger partial charge in [0.25, 0.3) is 0 Å². The van der Waals surface area contributed by atoms with Crippen LogP contribution < -0.4 is 10.4 Å². The lowest BCUT2D eigenvalue weighted by molar-refractivity contribution is -0.363. The van der Waals surface area contributed by atoms with E-state index in [1.807, 2.05) is 24.3 Å². The monoisotopic (exact) mass is 720 g/mol. The molecule has 8 heteroatoms. The zero-order valence-corrected chi connectivity index (χ0v) is 33.6. The first kappa shape index (κ1) is 43.4. The van der Waals surface area contributed by atoms with Crippen LogP contribution in [-0.4, -0.2) is 28.1 Å². The van der Waals surface area contributed by atoms with E-state index in [9.17, 15) is 9.59 Å². The van der Waals surface area contributed by atoms with Gasteiger partial charge in [-0.2, -0.15) is 0 Å². The second-order valence-corrected chi connectivity index (χ2v) is 22.8. The highest BCUT2D eigenvalue weighted by molar-refractivity contribution is 6.96. The van der Waals surface area contributed by atoms with Gasteiger partial charge in [0.2, 0.25) is 0 Å². The van der Waals surface area contributed by atoms with E-state index >= 15 is 0 Å². The van der Waals surface area contributed by atoms with Crippen molar-refractivity contribution in [2.24, 2.45) is 0 Å². The van der Waals surface area contributed by atoms with Gasteiger partial charge in [0.15, 0.2) is 0 Å². The number of carbonyl (C=O) groups excluding carboxylic acids is 2. The highest BCUT2D eigenvalue weighted by Gasteiger charge is 2.29. The fraction of sp³-hybridized carbons (Fsp3) is 0.524. The number of hydrogen-bond donors (Lipinski definition) is 0. The molecule has 2 aromatic rings. The quantitative estimate of drug-likeness (QED) is 0.0377. The van der Waals surface area contributed by atoms with Crippen molar-refractivity contribution in [2.75, 3.05) is 0 Å². The van der Waals surface area contributed by atoms with Crippen LogP contribution in [-0.2, 0) is 19.6 Å². The van der Waals surface area contributed by atoms with Crippen molar-refractivity contribution in [1.29, 1.82) is 0 Å². The molecular weight excluding hydrogens is 657 g/mol. The van der Waals surface area contributed by atoms with Gasteiger partial charge in [-0.15, -0.1) is 22.9 Å². The maximum atomic E-state index is 12.9. The van der Waals surface area contributed by atoms with E-state index in [-0.39, 0.29) is 6.29 Å².